The molecule has 1 saturated heterocycles. The van der Waals surface area contributed by atoms with Gasteiger partial charge in [-0.1, -0.05) is 29.8 Å². The van der Waals surface area contributed by atoms with Crippen LogP contribution < -0.4 is 5.69 Å². The maximum atomic E-state index is 13.1. The lowest BCUT2D eigenvalue weighted by atomic mass is 10.0. The SMILES string of the molecule is Cc1cc(C)n(CC(=O)N2CCCC[C@H]2c2ncc(Cc3ccccc3Cl)o2)c(=O)n1. The molecular formula is C23H25ClN4O3. The Balaban J connectivity index is 1.53. The average Bonchev–Trinajstić information content (AvgIpc) is 3.20. The van der Waals surface area contributed by atoms with Crippen LogP contribution in [0.1, 0.15) is 53.9 Å². The summed E-state index contributed by atoms with van der Waals surface area (Å²) in [7, 11) is 0. The zero-order valence-corrected chi connectivity index (χ0v) is 18.4. The highest BCUT2D eigenvalue weighted by Gasteiger charge is 2.31. The van der Waals surface area contributed by atoms with Gasteiger partial charge in [-0.05, 0) is 50.8 Å². The average molecular weight is 441 g/mol. The number of aromatic nitrogens is 3. The summed E-state index contributed by atoms with van der Waals surface area (Å²) in [5.41, 5.74) is 1.92. The monoisotopic (exact) mass is 440 g/mol. The molecule has 0 bridgehead atoms. The van der Waals surface area contributed by atoms with E-state index in [2.05, 4.69) is 9.97 Å². The van der Waals surface area contributed by atoms with E-state index in [9.17, 15) is 9.59 Å². The zero-order valence-electron chi connectivity index (χ0n) is 17.7. The Kier molecular flexibility index (Phi) is 6.23. The van der Waals surface area contributed by atoms with Crippen LogP contribution in [0.3, 0.4) is 0 Å². The molecule has 1 aliphatic heterocycles. The predicted molar refractivity (Wildman–Crippen MR) is 117 cm³/mol. The zero-order chi connectivity index (χ0) is 22.0. The lowest BCUT2D eigenvalue weighted by molar-refractivity contribution is -0.136. The van der Waals surface area contributed by atoms with Crippen molar-refractivity contribution in [1.29, 1.82) is 0 Å². The lowest BCUT2D eigenvalue weighted by Gasteiger charge is -2.34. The number of benzene rings is 1. The maximum Gasteiger partial charge on any atom is 0.348 e. The fraction of sp³-hybridized carbons (Fsp3) is 0.391. The van der Waals surface area contributed by atoms with Crippen molar-refractivity contribution in [2.75, 3.05) is 6.54 Å². The molecule has 31 heavy (non-hydrogen) atoms. The van der Waals surface area contributed by atoms with Crippen molar-refractivity contribution < 1.29 is 9.21 Å². The molecule has 1 aromatic carbocycles. The minimum absolute atomic E-state index is 0.0400. The molecule has 1 atom stereocenters. The smallest absolute Gasteiger partial charge is 0.348 e. The van der Waals surface area contributed by atoms with Gasteiger partial charge in [0.2, 0.25) is 11.8 Å². The van der Waals surface area contributed by atoms with Crippen molar-refractivity contribution in [3.63, 3.8) is 0 Å². The van der Waals surface area contributed by atoms with Gasteiger partial charge in [0.25, 0.3) is 0 Å². The van der Waals surface area contributed by atoms with E-state index >= 15 is 0 Å². The van der Waals surface area contributed by atoms with E-state index in [1.165, 1.54) is 4.57 Å². The molecular weight excluding hydrogens is 416 g/mol. The van der Waals surface area contributed by atoms with Gasteiger partial charge in [-0.3, -0.25) is 9.36 Å². The van der Waals surface area contributed by atoms with Crippen LogP contribution >= 0.6 is 11.6 Å². The molecule has 162 valence electrons. The number of oxazole rings is 1. The highest BCUT2D eigenvalue weighted by Crippen LogP contribution is 2.31. The van der Waals surface area contributed by atoms with E-state index in [0.29, 0.717) is 35.3 Å². The van der Waals surface area contributed by atoms with Gasteiger partial charge in [-0.2, -0.15) is 4.98 Å². The summed E-state index contributed by atoms with van der Waals surface area (Å²) in [5.74, 6) is 1.10. The van der Waals surface area contributed by atoms with Crippen molar-refractivity contribution >= 4 is 17.5 Å². The first-order valence-corrected chi connectivity index (χ1v) is 10.8. The Bertz CT molecular complexity index is 1150. The van der Waals surface area contributed by atoms with Gasteiger partial charge in [0.15, 0.2) is 0 Å². The summed E-state index contributed by atoms with van der Waals surface area (Å²) in [6.45, 7) is 4.15. The second-order valence-electron chi connectivity index (χ2n) is 7.94. The summed E-state index contributed by atoms with van der Waals surface area (Å²) in [4.78, 5) is 35.6. The number of carbonyl (C=O) groups excluding carboxylic acids is 1. The Morgan fingerprint density at radius 2 is 2.06 bits per heavy atom. The Hall–Kier alpha value is -2.93. The van der Waals surface area contributed by atoms with E-state index in [-0.39, 0.29) is 18.5 Å². The van der Waals surface area contributed by atoms with Gasteiger partial charge >= 0.3 is 5.69 Å². The molecule has 7 nitrogen and oxygen atoms in total. The van der Waals surface area contributed by atoms with Crippen LogP contribution in [-0.4, -0.2) is 31.9 Å². The summed E-state index contributed by atoms with van der Waals surface area (Å²) >= 11 is 6.26. The Morgan fingerprint density at radius 1 is 1.26 bits per heavy atom. The maximum absolute atomic E-state index is 13.1. The molecule has 1 amide bonds. The Morgan fingerprint density at radius 3 is 2.84 bits per heavy atom. The third kappa shape index (κ3) is 4.71. The largest absolute Gasteiger partial charge is 0.443 e. The van der Waals surface area contributed by atoms with Crippen LogP contribution in [0.2, 0.25) is 5.02 Å². The fourth-order valence-corrected chi connectivity index (χ4v) is 4.27. The van der Waals surface area contributed by atoms with Crippen molar-refractivity contribution in [3.05, 3.63) is 80.6 Å². The summed E-state index contributed by atoms with van der Waals surface area (Å²) in [6, 6.07) is 9.19. The molecule has 8 heteroatoms. The molecule has 1 aliphatic rings. The molecule has 2 aromatic heterocycles. The highest BCUT2D eigenvalue weighted by atomic mass is 35.5. The van der Waals surface area contributed by atoms with Crippen molar-refractivity contribution in [2.24, 2.45) is 0 Å². The lowest BCUT2D eigenvalue weighted by Crippen LogP contribution is -2.42. The summed E-state index contributed by atoms with van der Waals surface area (Å²) in [5, 5.41) is 0.683. The fourth-order valence-electron chi connectivity index (χ4n) is 4.07. The van der Waals surface area contributed by atoms with Gasteiger partial charge in [-0.15, -0.1) is 0 Å². The third-order valence-electron chi connectivity index (χ3n) is 5.64. The number of aryl methyl sites for hydroxylation is 2. The number of carbonyl (C=O) groups is 1. The van der Waals surface area contributed by atoms with Crippen LogP contribution in [0.15, 0.2) is 45.7 Å². The molecule has 0 saturated carbocycles. The van der Waals surface area contributed by atoms with Crippen LogP contribution in [0.25, 0.3) is 0 Å². The molecule has 0 N–H and O–H groups in total. The molecule has 0 spiro atoms. The van der Waals surface area contributed by atoms with Crippen LogP contribution in [-0.2, 0) is 17.8 Å². The topological polar surface area (TPSA) is 81.2 Å². The molecule has 3 heterocycles. The van der Waals surface area contributed by atoms with Gasteiger partial charge in [0.05, 0.1) is 6.20 Å². The first-order valence-electron chi connectivity index (χ1n) is 10.4. The minimum atomic E-state index is -0.405. The van der Waals surface area contributed by atoms with Crippen LogP contribution in [0.4, 0.5) is 0 Å². The van der Waals surface area contributed by atoms with Gasteiger partial charge in [0.1, 0.15) is 18.3 Å². The van der Waals surface area contributed by atoms with Crippen LogP contribution in [0, 0.1) is 13.8 Å². The van der Waals surface area contributed by atoms with E-state index in [4.69, 9.17) is 16.0 Å². The molecule has 0 aliphatic carbocycles. The number of piperidine rings is 1. The normalized spacial score (nSPS) is 16.5. The number of hydrogen-bond donors (Lipinski definition) is 0. The van der Waals surface area contributed by atoms with E-state index in [1.807, 2.05) is 31.2 Å². The first-order chi connectivity index (χ1) is 14.9. The second-order valence-corrected chi connectivity index (χ2v) is 8.35. The van der Waals surface area contributed by atoms with Crippen molar-refractivity contribution in [3.8, 4) is 0 Å². The number of halogens is 1. The number of hydrogen-bond acceptors (Lipinski definition) is 5. The number of likely N-dealkylation sites (tertiary alicyclic amines) is 1. The Labute approximate surface area is 185 Å². The standard InChI is InChI=1S/C23H25ClN4O3/c1-15-11-16(2)28(23(30)26-15)14-21(29)27-10-6-5-9-20(27)22-25-13-18(31-22)12-17-7-3-4-8-19(17)24/h3-4,7-8,11,13,20H,5-6,9-10,12,14H2,1-2H3/t20-/m0/s1. The van der Waals surface area contributed by atoms with Gasteiger partial charge in [-0.25, -0.2) is 9.78 Å². The summed E-state index contributed by atoms with van der Waals surface area (Å²) in [6.07, 6.45) is 4.92. The molecule has 1 fully saturated rings. The second kappa shape index (κ2) is 9.06. The van der Waals surface area contributed by atoms with E-state index < -0.39 is 5.69 Å². The predicted octanol–water partition coefficient (Wildman–Crippen LogP) is 3.85. The van der Waals surface area contributed by atoms with Gasteiger partial charge < -0.3 is 9.32 Å². The highest BCUT2D eigenvalue weighted by molar-refractivity contribution is 6.31. The van der Waals surface area contributed by atoms with Gasteiger partial charge in [0, 0.05) is 29.4 Å². The number of amides is 1. The number of rotatable bonds is 5. The quantitative estimate of drug-likeness (QED) is 0.602. The molecule has 4 rings (SSSR count). The van der Waals surface area contributed by atoms with E-state index in [1.54, 1.807) is 24.1 Å². The van der Waals surface area contributed by atoms with Crippen molar-refractivity contribution in [2.45, 2.75) is 52.1 Å². The number of nitrogens with zero attached hydrogens (tertiary/aromatic N) is 4. The summed E-state index contributed by atoms with van der Waals surface area (Å²) < 4.78 is 7.45. The molecule has 0 radical (unpaired) electrons. The van der Waals surface area contributed by atoms with E-state index in [0.717, 1.165) is 30.5 Å². The van der Waals surface area contributed by atoms with Crippen LogP contribution in [0.5, 0.6) is 0 Å². The minimum Gasteiger partial charge on any atom is -0.443 e. The third-order valence-corrected chi connectivity index (χ3v) is 6.01. The molecule has 3 aromatic rings. The van der Waals surface area contributed by atoms with Crippen molar-refractivity contribution in [1.82, 2.24) is 19.4 Å². The molecule has 0 unspecified atom stereocenters. The first kappa shape index (κ1) is 21.3.